The van der Waals surface area contributed by atoms with Crippen molar-refractivity contribution < 1.29 is 53.4 Å². The van der Waals surface area contributed by atoms with E-state index in [1.165, 1.54) is 6.07 Å². The zero-order valence-electron chi connectivity index (χ0n) is 22.6. The molecule has 0 spiro atoms. The van der Waals surface area contributed by atoms with E-state index in [-0.39, 0.29) is 0 Å². The Labute approximate surface area is 244 Å². The van der Waals surface area contributed by atoms with E-state index >= 15 is 0 Å². The first-order valence-corrected chi connectivity index (χ1v) is 12.9. The molecule has 0 saturated heterocycles. The fourth-order valence-electron chi connectivity index (χ4n) is 4.09. The summed E-state index contributed by atoms with van der Waals surface area (Å²) in [6.45, 7) is 2.05. The maximum absolute atomic E-state index is 14.9. The number of ether oxygens (including phenoxy) is 2. The second-order valence-electron chi connectivity index (χ2n) is 9.44. The number of benzene rings is 4. The molecule has 0 radical (unpaired) electrons. The lowest BCUT2D eigenvalue weighted by atomic mass is 10.00. The monoisotopic (exact) mass is 626 g/mol. The summed E-state index contributed by atoms with van der Waals surface area (Å²) >= 11 is 0. The number of alkyl halides is 5. The van der Waals surface area contributed by atoms with Gasteiger partial charge in [0.1, 0.15) is 23.2 Å². The summed E-state index contributed by atoms with van der Waals surface area (Å²) < 4.78 is 146. The average Bonchev–Trinajstić information content (AvgIpc) is 2.93. The van der Waals surface area contributed by atoms with Crippen molar-refractivity contribution in [3.05, 3.63) is 118 Å². The van der Waals surface area contributed by atoms with Crippen molar-refractivity contribution in [2.45, 2.75) is 38.7 Å². The van der Waals surface area contributed by atoms with E-state index in [9.17, 15) is 43.9 Å². The Kier molecular flexibility index (Phi) is 9.47. The Morgan fingerprint density at radius 1 is 0.636 bits per heavy atom. The number of hydrogen-bond donors (Lipinski definition) is 0. The molecule has 12 heteroatoms. The highest BCUT2D eigenvalue weighted by Gasteiger charge is 2.38. The molecule has 0 amide bonds. The van der Waals surface area contributed by atoms with Crippen LogP contribution in [0.1, 0.15) is 42.0 Å². The van der Waals surface area contributed by atoms with E-state index in [1.807, 2.05) is 24.0 Å². The van der Waals surface area contributed by atoms with Crippen molar-refractivity contribution in [3.63, 3.8) is 0 Å². The van der Waals surface area contributed by atoms with Gasteiger partial charge in [0.05, 0.1) is 11.1 Å². The minimum Gasteiger partial charge on any atom is -0.429 e. The molecule has 0 bridgehead atoms. The zero-order chi connectivity index (χ0) is 32.2. The van der Waals surface area contributed by atoms with Crippen LogP contribution in [0.2, 0.25) is 0 Å². The maximum atomic E-state index is 14.9. The molecule has 2 nitrogen and oxygen atoms in total. The average molecular weight is 626 g/mol. The third-order valence-electron chi connectivity index (χ3n) is 6.20. The van der Waals surface area contributed by atoms with Crippen molar-refractivity contribution in [2.75, 3.05) is 0 Å². The minimum atomic E-state index is -5.39. The lowest BCUT2D eigenvalue weighted by Crippen LogP contribution is -2.23. The highest BCUT2D eigenvalue weighted by atomic mass is 19.4. The fraction of sp³-hybridized carbons (Fsp3) is 0.188. The third-order valence-corrected chi connectivity index (χ3v) is 6.20. The van der Waals surface area contributed by atoms with Gasteiger partial charge in [-0.25, -0.2) is 22.0 Å². The van der Waals surface area contributed by atoms with Gasteiger partial charge in [-0.2, -0.15) is 8.78 Å². The van der Waals surface area contributed by atoms with E-state index in [0.29, 0.717) is 35.4 Å². The number of unbranched alkanes of at least 4 members (excludes halogenated alkanes) is 1. The Morgan fingerprint density at radius 2 is 1.23 bits per heavy atom. The van der Waals surface area contributed by atoms with E-state index in [2.05, 4.69) is 16.4 Å². The third kappa shape index (κ3) is 7.83. The van der Waals surface area contributed by atoms with Crippen molar-refractivity contribution >= 4 is 0 Å². The highest BCUT2D eigenvalue weighted by Crippen LogP contribution is 2.36. The highest BCUT2D eigenvalue weighted by molar-refractivity contribution is 5.64. The van der Waals surface area contributed by atoms with Crippen molar-refractivity contribution in [2.24, 2.45) is 0 Å². The molecule has 0 aromatic heterocycles. The number of hydrogen-bond acceptors (Lipinski definition) is 2. The number of halogens is 10. The molecule has 44 heavy (non-hydrogen) atoms. The van der Waals surface area contributed by atoms with Crippen LogP contribution in [0.15, 0.2) is 66.7 Å². The van der Waals surface area contributed by atoms with Crippen LogP contribution in [0.5, 0.6) is 11.5 Å². The summed E-state index contributed by atoms with van der Waals surface area (Å²) in [6.07, 6.45) is -6.89. The van der Waals surface area contributed by atoms with Crippen LogP contribution in [-0.4, -0.2) is 6.36 Å². The van der Waals surface area contributed by atoms with Gasteiger partial charge >= 0.3 is 12.5 Å². The lowest BCUT2D eigenvalue weighted by molar-refractivity contribution is -0.276. The molecule has 0 aliphatic rings. The Balaban J connectivity index is 1.53. The first-order valence-electron chi connectivity index (χ1n) is 12.9. The van der Waals surface area contributed by atoms with Gasteiger partial charge in [-0.3, -0.25) is 0 Å². The van der Waals surface area contributed by atoms with Crippen molar-refractivity contribution in [1.82, 2.24) is 0 Å². The topological polar surface area (TPSA) is 18.5 Å². The molecule has 0 aliphatic carbocycles. The lowest BCUT2D eigenvalue weighted by Gasteiger charge is -2.19. The van der Waals surface area contributed by atoms with Gasteiger partial charge in [0.15, 0.2) is 11.6 Å². The molecule has 4 rings (SSSR count). The van der Waals surface area contributed by atoms with Crippen LogP contribution in [0.25, 0.3) is 11.1 Å². The molecule has 0 atom stereocenters. The van der Waals surface area contributed by atoms with Gasteiger partial charge in [-0.1, -0.05) is 55.5 Å². The summed E-state index contributed by atoms with van der Waals surface area (Å²) in [7, 11) is 0. The van der Waals surface area contributed by atoms with Gasteiger partial charge in [0.25, 0.3) is 0 Å². The predicted octanol–water partition coefficient (Wildman–Crippen LogP) is 9.82. The van der Waals surface area contributed by atoms with Crippen LogP contribution in [0.3, 0.4) is 0 Å². The van der Waals surface area contributed by atoms with Crippen LogP contribution < -0.4 is 9.47 Å². The number of aryl methyl sites for hydroxylation is 1. The number of rotatable bonds is 8. The molecule has 0 saturated carbocycles. The molecule has 0 N–H and O–H groups in total. The van der Waals surface area contributed by atoms with Crippen molar-refractivity contribution in [1.29, 1.82) is 0 Å². The summed E-state index contributed by atoms with van der Waals surface area (Å²) in [5.41, 5.74) is -0.892. The second kappa shape index (κ2) is 12.9. The van der Waals surface area contributed by atoms with E-state index in [4.69, 9.17) is 0 Å². The summed E-state index contributed by atoms with van der Waals surface area (Å²) in [6, 6.07) is 11.4. The van der Waals surface area contributed by atoms with Crippen LogP contribution in [0.4, 0.5) is 43.9 Å². The molecule has 0 heterocycles. The largest absolute Gasteiger partial charge is 0.573 e. The normalized spacial score (nSPS) is 11.6. The van der Waals surface area contributed by atoms with Gasteiger partial charge in [0.2, 0.25) is 5.75 Å². The van der Waals surface area contributed by atoms with Gasteiger partial charge in [-0.15, -0.1) is 13.2 Å². The maximum Gasteiger partial charge on any atom is 0.573 e. The molecule has 0 aliphatic heterocycles. The molecule has 0 unspecified atom stereocenters. The summed E-state index contributed by atoms with van der Waals surface area (Å²) in [4.78, 5) is 0. The summed E-state index contributed by atoms with van der Waals surface area (Å²) in [5.74, 6) is -6.92. The van der Waals surface area contributed by atoms with Crippen LogP contribution in [0, 0.1) is 40.9 Å². The zero-order valence-corrected chi connectivity index (χ0v) is 22.6. The van der Waals surface area contributed by atoms with Gasteiger partial charge in [0, 0.05) is 17.7 Å². The van der Waals surface area contributed by atoms with E-state index in [1.54, 1.807) is 12.1 Å². The van der Waals surface area contributed by atoms with Crippen LogP contribution >= 0.6 is 0 Å². The molecule has 230 valence electrons. The fourth-order valence-corrected chi connectivity index (χ4v) is 4.09. The first-order chi connectivity index (χ1) is 20.7. The molecule has 4 aromatic carbocycles. The SMILES string of the molecule is CCCCc1ccc(-c2ccc(C(F)(F)Oc3cc(F)c(C#Cc4cc(F)c(OC(F)(F)F)c(F)c4)c(F)c3)c(F)c2)cc1. The molecule has 0 fully saturated rings. The van der Waals surface area contributed by atoms with E-state index < -0.39 is 69.7 Å². The van der Waals surface area contributed by atoms with Crippen LogP contribution in [-0.2, 0) is 12.5 Å². The van der Waals surface area contributed by atoms with Gasteiger partial charge in [-0.05, 0) is 53.8 Å². The quantitative estimate of drug-likeness (QED) is 0.143. The van der Waals surface area contributed by atoms with Crippen molar-refractivity contribution in [3.8, 4) is 34.5 Å². The predicted molar refractivity (Wildman–Crippen MR) is 140 cm³/mol. The Hall–Kier alpha value is -4.66. The van der Waals surface area contributed by atoms with Gasteiger partial charge < -0.3 is 9.47 Å². The second-order valence-corrected chi connectivity index (χ2v) is 9.44. The Morgan fingerprint density at radius 3 is 1.77 bits per heavy atom. The summed E-state index contributed by atoms with van der Waals surface area (Å²) in [5, 5.41) is 0. The smallest absolute Gasteiger partial charge is 0.429 e. The molecule has 4 aromatic rings. The first kappa shape index (κ1) is 32.3. The standard InChI is InChI=1S/C32H20F10O2/c1-2-3-4-18-5-8-20(9-6-18)21-10-12-24(27(35)15-21)31(38,39)43-22-16-25(33)23(26(34)17-22)11-7-19-13-28(36)30(29(37)14-19)44-32(40,41)42/h5-6,8-10,12-17H,2-4H2,1H3. The van der Waals surface area contributed by atoms with E-state index in [0.717, 1.165) is 37.0 Å². The molecular formula is C32H20F10O2. The minimum absolute atomic E-state index is 0.311. The molecular weight excluding hydrogens is 606 g/mol. The Bertz CT molecular complexity index is 1670.